The number of amides is 3. The number of hydrogen-bond acceptors (Lipinski definition) is 5. The molecule has 172 valence electrons. The van der Waals surface area contributed by atoms with Gasteiger partial charge < -0.3 is 19.5 Å². The number of anilines is 1. The molecule has 2 fully saturated rings. The number of urea groups is 1. The lowest BCUT2D eigenvalue weighted by atomic mass is 9.97. The Morgan fingerprint density at radius 2 is 1.55 bits per heavy atom. The second kappa shape index (κ2) is 9.62. The zero-order chi connectivity index (χ0) is 22.6. The third kappa shape index (κ3) is 5.01. The SMILES string of the molecule is O=C(CN1CCC(c2nc3ccccc3o2)CC1)N1CCN(C(=O)Nc2ccccc2)CC1. The standard InChI is InChI=1S/C25H29N5O3/c31-23(29-14-16-30(17-15-29)25(32)26-20-6-2-1-3-7-20)18-28-12-10-19(11-13-28)24-27-21-8-4-5-9-22(21)33-24/h1-9,19H,10-18H2,(H,26,32). The molecule has 8 heteroatoms. The predicted octanol–water partition coefficient (Wildman–Crippen LogP) is 3.38. The molecule has 33 heavy (non-hydrogen) atoms. The highest BCUT2D eigenvalue weighted by Crippen LogP contribution is 2.29. The largest absolute Gasteiger partial charge is 0.440 e. The van der Waals surface area contributed by atoms with Crippen LogP contribution >= 0.6 is 0 Å². The summed E-state index contributed by atoms with van der Waals surface area (Å²) < 4.78 is 5.94. The minimum absolute atomic E-state index is 0.116. The molecule has 3 amide bonds. The Morgan fingerprint density at radius 3 is 2.27 bits per heavy atom. The van der Waals surface area contributed by atoms with Crippen LogP contribution in [0.2, 0.25) is 0 Å². The number of fused-ring (bicyclic) bond motifs is 1. The van der Waals surface area contributed by atoms with Gasteiger partial charge in [0.2, 0.25) is 5.91 Å². The van der Waals surface area contributed by atoms with E-state index >= 15 is 0 Å². The van der Waals surface area contributed by atoms with E-state index in [1.807, 2.05) is 59.5 Å². The summed E-state index contributed by atoms with van der Waals surface area (Å²) in [5.74, 6) is 1.25. The van der Waals surface area contributed by atoms with Gasteiger partial charge in [-0.25, -0.2) is 9.78 Å². The first kappa shape index (κ1) is 21.5. The number of benzene rings is 2. The molecule has 0 spiro atoms. The van der Waals surface area contributed by atoms with Gasteiger partial charge in [0.25, 0.3) is 0 Å². The zero-order valence-corrected chi connectivity index (χ0v) is 18.7. The van der Waals surface area contributed by atoms with Gasteiger partial charge in [0.1, 0.15) is 5.52 Å². The van der Waals surface area contributed by atoms with Crippen molar-refractivity contribution >= 4 is 28.7 Å². The minimum Gasteiger partial charge on any atom is -0.440 e. The van der Waals surface area contributed by atoms with E-state index < -0.39 is 0 Å². The molecular formula is C25H29N5O3. The highest BCUT2D eigenvalue weighted by atomic mass is 16.3. The molecule has 1 aromatic heterocycles. The Morgan fingerprint density at radius 1 is 0.879 bits per heavy atom. The first-order valence-corrected chi connectivity index (χ1v) is 11.6. The molecule has 0 radical (unpaired) electrons. The van der Waals surface area contributed by atoms with Gasteiger partial charge in [-0.05, 0) is 50.2 Å². The molecule has 1 N–H and O–H groups in total. The number of carbonyl (C=O) groups is 2. The van der Waals surface area contributed by atoms with Gasteiger partial charge in [0.15, 0.2) is 11.5 Å². The summed E-state index contributed by atoms with van der Waals surface area (Å²) >= 11 is 0. The summed E-state index contributed by atoms with van der Waals surface area (Å²) in [6, 6.07) is 17.2. The van der Waals surface area contributed by atoms with E-state index in [1.54, 1.807) is 4.90 Å². The van der Waals surface area contributed by atoms with E-state index in [4.69, 9.17) is 4.42 Å². The number of piperidine rings is 1. The third-order valence-corrected chi connectivity index (χ3v) is 6.55. The number of hydrogen-bond donors (Lipinski definition) is 1. The summed E-state index contributed by atoms with van der Waals surface area (Å²) in [6.45, 7) is 4.37. The number of para-hydroxylation sites is 3. The summed E-state index contributed by atoms with van der Waals surface area (Å²) in [7, 11) is 0. The fourth-order valence-electron chi connectivity index (χ4n) is 4.58. The van der Waals surface area contributed by atoms with E-state index in [0.717, 1.165) is 48.6 Å². The van der Waals surface area contributed by atoms with Gasteiger partial charge >= 0.3 is 6.03 Å². The van der Waals surface area contributed by atoms with Crippen LogP contribution in [0.25, 0.3) is 11.1 Å². The summed E-state index contributed by atoms with van der Waals surface area (Å²) in [4.78, 5) is 35.8. The summed E-state index contributed by atoms with van der Waals surface area (Å²) in [6.07, 6.45) is 1.88. The predicted molar refractivity (Wildman–Crippen MR) is 126 cm³/mol. The van der Waals surface area contributed by atoms with E-state index in [0.29, 0.717) is 38.6 Å². The van der Waals surface area contributed by atoms with E-state index in [-0.39, 0.29) is 11.9 Å². The number of likely N-dealkylation sites (tertiary alicyclic amines) is 1. The maximum atomic E-state index is 12.8. The molecule has 0 saturated carbocycles. The van der Waals surface area contributed by atoms with Crippen molar-refractivity contribution in [3.8, 4) is 0 Å². The highest BCUT2D eigenvalue weighted by molar-refractivity contribution is 5.89. The van der Waals surface area contributed by atoms with Crippen molar-refractivity contribution in [3.05, 3.63) is 60.5 Å². The topological polar surface area (TPSA) is 81.9 Å². The van der Waals surface area contributed by atoms with Gasteiger partial charge in [0.05, 0.1) is 6.54 Å². The molecule has 0 unspecified atom stereocenters. The smallest absolute Gasteiger partial charge is 0.321 e. The number of nitrogens with one attached hydrogen (secondary N) is 1. The Bertz CT molecular complexity index is 1070. The minimum atomic E-state index is -0.116. The zero-order valence-electron chi connectivity index (χ0n) is 18.7. The maximum Gasteiger partial charge on any atom is 0.321 e. The summed E-state index contributed by atoms with van der Waals surface area (Å²) in [5, 5.41) is 2.91. The maximum absolute atomic E-state index is 12.8. The van der Waals surface area contributed by atoms with Crippen LogP contribution in [0.15, 0.2) is 59.0 Å². The lowest BCUT2D eigenvalue weighted by Gasteiger charge is -2.36. The fourth-order valence-corrected chi connectivity index (χ4v) is 4.58. The Labute approximate surface area is 193 Å². The number of oxazole rings is 1. The first-order valence-electron chi connectivity index (χ1n) is 11.6. The number of carbonyl (C=O) groups excluding carboxylic acids is 2. The van der Waals surface area contributed by atoms with Gasteiger partial charge in [-0.15, -0.1) is 0 Å². The van der Waals surface area contributed by atoms with Crippen LogP contribution < -0.4 is 5.32 Å². The molecule has 3 aromatic rings. The molecular weight excluding hydrogens is 418 g/mol. The van der Waals surface area contributed by atoms with Gasteiger partial charge in [0, 0.05) is 37.8 Å². The Balaban J connectivity index is 1.06. The van der Waals surface area contributed by atoms with Crippen LogP contribution in [-0.4, -0.2) is 77.4 Å². The Kier molecular flexibility index (Phi) is 6.26. The molecule has 5 rings (SSSR count). The van der Waals surface area contributed by atoms with Crippen LogP contribution in [0.4, 0.5) is 10.5 Å². The second-order valence-electron chi connectivity index (χ2n) is 8.73. The Hall–Kier alpha value is -3.39. The molecule has 3 heterocycles. The monoisotopic (exact) mass is 447 g/mol. The van der Waals surface area contributed by atoms with Gasteiger partial charge in [-0.2, -0.15) is 0 Å². The number of aromatic nitrogens is 1. The molecule has 8 nitrogen and oxygen atoms in total. The van der Waals surface area contributed by atoms with Crippen molar-refractivity contribution in [2.24, 2.45) is 0 Å². The normalized spacial score (nSPS) is 17.9. The van der Waals surface area contributed by atoms with Crippen molar-refractivity contribution in [1.82, 2.24) is 19.7 Å². The first-order chi connectivity index (χ1) is 16.2. The van der Waals surface area contributed by atoms with Crippen LogP contribution in [-0.2, 0) is 4.79 Å². The lowest BCUT2D eigenvalue weighted by molar-refractivity contribution is -0.134. The number of piperazine rings is 1. The van der Waals surface area contributed by atoms with Gasteiger partial charge in [-0.1, -0.05) is 30.3 Å². The third-order valence-electron chi connectivity index (χ3n) is 6.55. The molecule has 0 atom stereocenters. The molecule has 2 aliphatic heterocycles. The quantitative estimate of drug-likeness (QED) is 0.663. The number of nitrogens with zero attached hydrogens (tertiary/aromatic N) is 4. The molecule has 0 aliphatic carbocycles. The molecule has 0 bridgehead atoms. The molecule has 2 aliphatic rings. The second-order valence-corrected chi connectivity index (χ2v) is 8.73. The molecule has 2 saturated heterocycles. The van der Waals surface area contributed by atoms with Crippen molar-refractivity contribution in [1.29, 1.82) is 0 Å². The number of rotatable bonds is 4. The fraction of sp³-hybridized carbons (Fsp3) is 0.400. The average Bonchev–Trinajstić information content (AvgIpc) is 3.29. The van der Waals surface area contributed by atoms with Crippen molar-refractivity contribution < 1.29 is 14.0 Å². The van der Waals surface area contributed by atoms with Crippen LogP contribution in [0.3, 0.4) is 0 Å². The van der Waals surface area contributed by atoms with E-state index in [1.165, 1.54) is 0 Å². The van der Waals surface area contributed by atoms with Crippen molar-refractivity contribution in [2.75, 3.05) is 51.1 Å². The van der Waals surface area contributed by atoms with Crippen LogP contribution in [0.1, 0.15) is 24.7 Å². The van der Waals surface area contributed by atoms with E-state index in [2.05, 4.69) is 15.2 Å². The van der Waals surface area contributed by atoms with Crippen LogP contribution in [0, 0.1) is 0 Å². The summed E-state index contributed by atoms with van der Waals surface area (Å²) in [5.41, 5.74) is 2.52. The van der Waals surface area contributed by atoms with E-state index in [9.17, 15) is 9.59 Å². The van der Waals surface area contributed by atoms with Crippen molar-refractivity contribution in [2.45, 2.75) is 18.8 Å². The highest BCUT2D eigenvalue weighted by Gasteiger charge is 2.28. The molecule has 2 aromatic carbocycles. The van der Waals surface area contributed by atoms with Crippen LogP contribution in [0.5, 0.6) is 0 Å². The van der Waals surface area contributed by atoms with Gasteiger partial charge in [-0.3, -0.25) is 9.69 Å². The van der Waals surface area contributed by atoms with Crippen molar-refractivity contribution in [3.63, 3.8) is 0 Å². The average molecular weight is 448 g/mol. The lowest BCUT2D eigenvalue weighted by Crippen LogP contribution is -2.53.